The van der Waals surface area contributed by atoms with Crippen molar-refractivity contribution in [3.05, 3.63) is 35.5 Å². The van der Waals surface area contributed by atoms with Crippen molar-refractivity contribution in [2.75, 3.05) is 26.2 Å². The highest BCUT2D eigenvalue weighted by molar-refractivity contribution is 7.13. The summed E-state index contributed by atoms with van der Waals surface area (Å²) >= 11 is 1.71. The minimum Gasteiger partial charge on any atom is -0.338 e. The van der Waals surface area contributed by atoms with Crippen LogP contribution in [0, 0.1) is 6.92 Å². The normalized spacial score (nSPS) is 20.3. The largest absolute Gasteiger partial charge is 0.338 e. The number of amides is 1. The lowest BCUT2D eigenvalue weighted by Gasteiger charge is -2.37. The van der Waals surface area contributed by atoms with E-state index in [0.29, 0.717) is 6.04 Å². The van der Waals surface area contributed by atoms with Gasteiger partial charge in [0.2, 0.25) is 5.91 Å². The lowest BCUT2D eigenvalue weighted by Crippen LogP contribution is -2.52. The number of thiophene rings is 1. The monoisotopic (exact) mass is 381 g/mol. The van der Waals surface area contributed by atoms with Gasteiger partial charge >= 0.3 is 0 Å². The standard InChI is InChI=1S/C20H23N5OS/c1-14-19-16(17-5-3-11-27-17)6-7-21-20(19)25(22-14)13-18(26)24-10-9-23-8-2-4-15(23)12-24/h3,5-7,11,15H,2,4,8-10,12-13H2,1H3. The first-order valence-electron chi connectivity index (χ1n) is 9.58. The second kappa shape index (κ2) is 6.73. The molecule has 2 saturated heterocycles. The van der Waals surface area contributed by atoms with Crippen molar-refractivity contribution in [1.29, 1.82) is 0 Å². The first kappa shape index (κ1) is 16.9. The molecule has 7 heteroatoms. The van der Waals surface area contributed by atoms with Gasteiger partial charge in [-0.3, -0.25) is 9.69 Å². The van der Waals surface area contributed by atoms with Crippen molar-refractivity contribution in [2.24, 2.45) is 0 Å². The molecule has 2 fully saturated rings. The Hall–Kier alpha value is -2.25. The van der Waals surface area contributed by atoms with Crippen LogP contribution in [0.3, 0.4) is 0 Å². The molecule has 1 atom stereocenters. The lowest BCUT2D eigenvalue weighted by atomic mass is 10.1. The summed E-state index contributed by atoms with van der Waals surface area (Å²) in [4.78, 5) is 23.2. The molecule has 5 heterocycles. The summed E-state index contributed by atoms with van der Waals surface area (Å²) in [7, 11) is 0. The number of rotatable bonds is 3. The van der Waals surface area contributed by atoms with E-state index in [2.05, 4.69) is 32.5 Å². The molecule has 0 bridgehead atoms. The number of carbonyl (C=O) groups excluding carboxylic acids is 1. The van der Waals surface area contributed by atoms with Crippen molar-refractivity contribution >= 4 is 28.3 Å². The summed E-state index contributed by atoms with van der Waals surface area (Å²) < 4.78 is 1.78. The molecule has 0 spiro atoms. The molecule has 27 heavy (non-hydrogen) atoms. The van der Waals surface area contributed by atoms with Gasteiger partial charge in [-0.1, -0.05) is 6.07 Å². The number of piperazine rings is 1. The van der Waals surface area contributed by atoms with E-state index in [4.69, 9.17) is 0 Å². The minimum atomic E-state index is 0.147. The summed E-state index contributed by atoms with van der Waals surface area (Å²) in [5.74, 6) is 0.147. The predicted molar refractivity (Wildman–Crippen MR) is 107 cm³/mol. The quantitative estimate of drug-likeness (QED) is 0.700. The van der Waals surface area contributed by atoms with Gasteiger partial charge in [-0.15, -0.1) is 11.3 Å². The maximum absolute atomic E-state index is 12.9. The van der Waals surface area contributed by atoms with E-state index < -0.39 is 0 Å². The van der Waals surface area contributed by atoms with E-state index in [-0.39, 0.29) is 12.5 Å². The zero-order valence-corrected chi connectivity index (χ0v) is 16.3. The number of nitrogens with zero attached hydrogens (tertiary/aromatic N) is 5. The molecule has 0 radical (unpaired) electrons. The Morgan fingerprint density at radius 1 is 1.30 bits per heavy atom. The molecule has 6 nitrogen and oxygen atoms in total. The molecular weight excluding hydrogens is 358 g/mol. The SMILES string of the molecule is Cc1nn(CC(=O)N2CCN3CCCC3C2)c2nccc(-c3cccs3)c12. The first-order valence-corrected chi connectivity index (χ1v) is 10.5. The Balaban J connectivity index is 1.42. The Morgan fingerprint density at radius 3 is 3.07 bits per heavy atom. The summed E-state index contributed by atoms with van der Waals surface area (Å²) in [6.45, 7) is 6.12. The highest BCUT2D eigenvalue weighted by Crippen LogP contribution is 2.32. The van der Waals surface area contributed by atoms with Crippen molar-refractivity contribution in [3.63, 3.8) is 0 Å². The molecule has 0 N–H and O–H groups in total. The lowest BCUT2D eigenvalue weighted by molar-refractivity contribution is -0.134. The van der Waals surface area contributed by atoms with Gasteiger partial charge in [0.1, 0.15) is 6.54 Å². The predicted octanol–water partition coefficient (Wildman–Crippen LogP) is 2.77. The third-order valence-corrected chi connectivity index (χ3v) is 6.72. The topological polar surface area (TPSA) is 54.3 Å². The molecule has 1 unspecified atom stereocenters. The van der Waals surface area contributed by atoms with Gasteiger partial charge in [-0.25, -0.2) is 9.67 Å². The van der Waals surface area contributed by atoms with E-state index in [1.165, 1.54) is 24.3 Å². The van der Waals surface area contributed by atoms with Crippen LogP contribution in [0.4, 0.5) is 0 Å². The Morgan fingerprint density at radius 2 is 2.22 bits per heavy atom. The van der Waals surface area contributed by atoms with Crippen LogP contribution in [0.2, 0.25) is 0 Å². The third-order valence-electron chi connectivity index (χ3n) is 5.82. The van der Waals surface area contributed by atoms with E-state index in [9.17, 15) is 4.79 Å². The minimum absolute atomic E-state index is 0.147. The van der Waals surface area contributed by atoms with Gasteiger partial charge < -0.3 is 4.90 Å². The van der Waals surface area contributed by atoms with E-state index in [0.717, 1.165) is 41.9 Å². The fourth-order valence-corrected chi connectivity index (χ4v) is 5.23. The zero-order valence-electron chi connectivity index (χ0n) is 15.5. The molecule has 5 rings (SSSR count). The van der Waals surface area contributed by atoms with E-state index in [1.807, 2.05) is 24.1 Å². The maximum Gasteiger partial charge on any atom is 0.244 e. The van der Waals surface area contributed by atoms with Crippen LogP contribution < -0.4 is 0 Å². The van der Waals surface area contributed by atoms with Crippen molar-refractivity contribution in [3.8, 4) is 10.4 Å². The Kier molecular flexibility index (Phi) is 4.21. The molecular formula is C20H23N5OS. The Labute approximate surface area is 162 Å². The maximum atomic E-state index is 12.9. The molecule has 0 aliphatic carbocycles. The van der Waals surface area contributed by atoms with Gasteiger partial charge in [-0.05, 0) is 43.8 Å². The third kappa shape index (κ3) is 2.95. The highest BCUT2D eigenvalue weighted by atomic mass is 32.1. The fraction of sp³-hybridized carbons (Fsp3) is 0.450. The number of fused-ring (bicyclic) bond motifs is 2. The number of carbonyl (C=O) groups is 1. The van der Waals surface area contributed by atoms with E-state index >= 15 is 0 Å². The number of aryl methyl sites for hydroxylation is 1. The molecule has 0 aromatic carbocycles. The van der Waals surface area contributed by atoms with Gasteiger partial charge in [0, 0.05) is 42.3 Å². The van der Waals surface area contributed by atoms with Crippen LogP contribution in [0.15, 0.2) is 29.8 Å². The average molecular weight is 382 g/mol. The number of hydrogen-bond acceptors (Lipinski definition) is 5. The first-order chi connectivity index (χ1) is 13.2. The van der Waals surface area contributed by atoms with Crippen LogP contribution >= 0.6 is 11.3 Å². The highest BCUT2D eigenvalue weighted by Gasteiger charge is 2.32. The number of pyridine rings is 1. The van der Waals surface area contributed by atoms with Gasteiger partial charge in [-0.2, -0.15) is 5.10 Å². The molecule has 0 saturated carbocycles. The molecule has 2 aliphatic heterocycles. The van der Waals surface area contributed by atoms with Crippen LogP contribution in [0.5, 0.6) is 0 Å². The zero-order chi connectivity index (χ0) is 18.4. The molecule has 140 valence electrons. The van der Waals surface area contributed by atoms with Crippen LogP contribution in [-0.2, 0) is 11.3 Å². The van der Waals surface area contributed by atoms with Crippen LogP contribution in [0.1, 0.15) is 18.5 Å². The summed E-state index contributed by atoms with van der Waals surface area (Å²) in [5, 5.41) is 7.79. The molecule has 3 aromatic rings. The van der Waals surface area contributed by atoms with Gasteiger partial charge in [0.25, 0.3) is 0 Å². The molecule has 3 aromatic heterocycles. The smallest absolute Gasteiger partial charge is 0.244 e. The number of hydrogen-bond donors (Lipinski definition) is 0. The summed E-state index contributed by atoms with van der Waals surface area (Å²) in [5.41, 5.74) is 2.87. The molecule has 2 aliphatic rings. The van der Waals surface area contributed by atoms with Crippen molar-refractivity contribution < 1.29 is 4.79 Å². The Bertz CT molecular complexity index is 980. The van der Waals surface area contributed by atoms with Crippen molar-refractivity contribution in [2.45, 2.75) is 32.4 Å². The average Bonchev–Trinajstić information content (AvgIpc) is 3.42. The van der Waals surface area contributed by atoms with Crippen LogP contribution in [0.25, 0.3) is 21.5 Å². The van der Waals surface area contributed by atoms with E-state index in [1.54, 1.807) is 16.0 Å². The summed E-state index contributed by atoms with van der Waals surface area (Å²) in [6, 6.07) is 6.75. The van der Waals surface area contributed by atoms with Gasteiger partial charge in [0.15, 0.2) is 5.65 Å². The van der Waals surface area contributed by atoms with Crippen LogP contribution in [-0.4, -0.2) is 62.7 Å². The second-order valence-corrected chi connectivity index (χ2v) is 8.40. The van der Waals surface area contributed by atoms with Gasteiger partial charge in [0.05, 0.1) is 11.1 Å². The summed E-state index contributed by atoms with van der Waals surface area (Å²) in [6.07, 6.45) is 4.28. The fourth-order valence-electron chi connectivity index (χ4n) is 4.47. The number of aromatic nitrogens is 3. The molecule has 1 amide bonds. The van der Waals surface area contributed by atoms with Crippen molar-refractivity contribution in [1.82, 2.24) is 24.6 Å². The second-order valence-electron chi connectivity index (χ2n) is 7.45.